The molecule has 0 spiro atoms. The number of hydrogen-bond acceptors (Lipinski definition) is 4. The van der Waals surface area contributed by atoms with Crippen LogP contribution in [-0.4, -0.2) is 41.8 Å². The van der Waals surface area contributed by atoms with E-state index in [-0.39, 0.29) is 12.0 Å². The molecule has 0 bridgehead atoms. The summed E-state index contributed by atoms with van der Waals surface area (Å²) >= 11 is 0. The molecule has 1 aliphatic heterocycles. The molecule has 1 aliphatic rings. The van der Waals surface area contributed by atoms with Gasteiger partial charge in [-0.05, 0) is 44.4 Å². The Kier molecular flexibility index (Phi) is 4.68. The molecular formula is C16H21FN2O3. The van der Waals surface area contributed by atoms with Crippen LogP contribution < -0.4 is 4.74 Å². The number of carbonyl (C=O) groups is 1. The zero-order valence-electron chi connectivity index (χ0n) is 13.4. The monoisotopic (exact) mass is 308 g/mol. The molecule has 0 aliphatic carbocycles. The molecule has 0 fully saturated rings. The molecule has 0 unspecified atom stereocenters. The number of nitrogens with zero attached hydrogens (tertiary/aromatic N) is 2. The Morgan fingerprint density at radius 1 is 1.41 bits per heavy atom. The van der Waals surface area contributed by atoms with E-state index in [1.165, 1.54) is 13.2 Å². The number of carbonyl (C=O) groups excluding carboxylic acids is 1. The number of ether oxygens (including phenoxy) is 2. The fourth-order valence-corrected chi connectivity index (χ4v) is 2.17. The van der Waals surface area contributed by atoms with Gasteiger partial charge in [-0.3, -0.25) is 0 Å². The van der Waals surface area contributed by atoms with Gasteiger partial charge < -0.3 is 14.4 Å². The van der Waals surface area contributed by atoms with Gasteiger partial charge in [0.2, 0.25) is 5.88 Å². The summed E-state index contributed by atoms with van der Waals surface area (Å²) in [5, 5.41) is 0. The zero-order chi connectivity index (χ0) is 16.3. The van der Waals surface area contributed by atoms with Crippen molar-refractivity contribution in [1.29, 1.82) is 0 Å². The highest BCUT2D eigenvalue weighted by Crippen LogP contribution is 2.25. The van der Waals surface area contributed by atoms with Crippen LogP contribution in [0.3, 0.4) is 0 Å². The average molecular weight is 308 g/mol. The van der Waals surface area contributed by atoms with Gasteiger partial charge in [0.25, 0.3) is 0 Å². The number of halogens is 1. The van der Waals surface area contributed by atoms with Crippen LogP contribution in [-0.2, 0) is 4.74 Å². The average Bonchev–Trinajstić information content (AvgIpc) is 2.45. The summed E-state index contributed by atoms with van der Waals surface area (Å²) in [7, 11) is 1.38. The third-order valence-corrected chi connectivity index (χ3v) is 3.23. The molecule has 0 saturated carbocycles. The van der Waals surface area contributed by atoms with E-state index in [9.17, 15) is 9.18 Å². The fraction of sp³-hybridized carbons (Fsp3) is 0.500. The van der Waals surface area contributed by atoms with E-state index >= 15 is 0 Å². The van der Waals surface area contributed by atoms with E-state index < -0.39 is 11.4 Å². The number of aromatic nitrogens is 1. The molecular weight excluding hydrogens is 287 g/mol. The Bertz CT molecular complexity index is 594. The first-order valence-corrected chi connectivity index (χ1v) is 7.17. The summed E-state index contributed by atoms with van der Waals surface area (Å²) in [5.74, 6) is -0.508. The highest BCUT2D eigenvalue weighted by atomic mass is 19.1. The first-order valence-electron chi connectivity index (χ1n) is 7.17. The number of hydrogen-bond donors (Lipinski definition) is 0. The highest BCUT2D eigenvalue weighted by Gasteiger charge is 2.24. The quantitative estimate of drug-likeness (QED) is 0.841. The van der Waals surface area contributed by atoms with Gasteiger partial charge in [0.1, 0.15) is 5.60 Å². The van der Waals surface area contributed by atoms with Crippen LogP contribution in [0.1, 0.15) is 32.8 Å². The molecule has 6 heteroatoms. The van der Waals surface area contributed by atoms with Crippen LogP contribution >= 0.6 is 0 Å². The summed E-state index contributed by atoms with van der Waals surface area (Å²) in [5.41, 5.74) is 1.17. The molecule has 0 aromatic carbocycles. The summed E-state index contributed by atoms with van der Waals surface area (Å²) in [6, 6.07) is 1.40. The normalized spacial score (nSPS) is 15.3. The van der Waals surface area contributed by atoms with Crippen molar-refractivity contribution in [1.82, 2.24) is 9.88 Å². The predicted octanol–water partition coefficient (Wildman–Crippen LogP) is 3.25. The second kappa shape index (κ2) is 6.34. The van der Waals surface area contributed by atoms with Gasteiger partial charge in [-0.15, -0.1) is 0 Å². The molecule has 0 N–H and O–H groups in total. The molecule has 0 saturated heterocycles. The highest BCUT2D eigenvalue weighted by molar-refractivity contribution is 5.72. The molecule has 0 atom stereocenters. The molecule has 1 aromatic heterocycles. The predicted molar refractivity (Wildman–Crippen MR) is 81.1 cm³/mol. The standard InChI is InChI=1S/C16H21FN2O3/c1-16(2,3)22-15(20)19-7-5-11(6-8-19)12-9-13(17)14(21-4)18-10-12/h5,9-10H,6-8H2,1-4H3. The first-order chi connectivity index (χ1) is 10.3. The molecule has 2 heterocycles. The van der Waals surface area contributed by atoms with E-state index in [0.29, 0.717) is 25.1 Å². The molecule has 120 valence electrons. The second-order valence-corrected chi connectivity index (χ2v) is 6.12. The minimum absolute atomic E-state index is 0.0180. The lowest BCUT2D eigenvalue weighted by atomic mass is 10.0. The molecule has 22 heavy (non-hydrogen) atoms. The van der Waals surface area contributed by atoms with Gasteiger partial charge in [-0.1, -0.05) is 6.08 Å². The Labute approximate surface area is 129 Å². The van der Waals surface area contributed by atoms with Crippen molar-refractivity contribution in [3.63, 3.8) is 0 Å². The largest absolute Gasteiger partial charge is 0.479 e. The third-order valence-electron chi connectivity index (χ3n) is 3.23. The van der Waals surface area contributed by atoms with Gasteiger partial charge >= 0.3 is 6.09 Å². The van der Waals surface area contributed by atoms with Gasteiger partial charge in [0.15, 0.2) is 5.82 Å². The Morgan fingerprint density at radius 2 is 2.14 bits per heavy atom. The van der Waals surface area contributed by atoms with Crippen LogP contribution in [0.5, 0.6) is 5.88 Å². The maximum Gasteiger partial charge on any atom is 0.410 e. The van der Waals surface area contributed by atoms with Crippen molar-refractivity contribution in [3.05, 3.63) is 29.7 Å². The molecule has 0 radical (unpaired) electrons. The number of methoxy groups -OCH3 is 1. The van der Waals surface area contributed by atoms with Crippen molar-refractivity contribution in [2.24, 2.45) is 0 Å². The van der Waals surface area contributed by atoms with Gasteiger partial charge in [0, 0.05) is 19.3 Å². The van der Waals surface area contributed by atoms with Crippen LogP contribution in [0.4, 0.5) is 9.18 Å². The number of pyridine rings is 1. The minimum Gasteiger partial charge on any atom is -0.479 e. The summed E-state index contributed by atoms with van der Waals surface area (Å²) in [6.45, 7) is 6.48. The summed E-state index contributed by atoms with van der Waals surface area (Å²) in [6.07, 6.45) is 3.78. The number of rotatable bonds is 2. The van der Waals surface area contributed by atoms with Gasteiger partial charge in [0.05, 0.1) is 7.11 Å². The lowest BCUT2D eigenvalue weighted by Crippen LogP contribution is -2.39. The van der Waals surface area contributed by atoms with E-state index in [1.807, 2.05) is 26.8 Å². The second-order valence-electron chi connectivity index (χ2n) is 6.12. The maximum atomic E-state index is 13.7. The van der Waals surface area contributed by atoms with Gasteiger partial charge in [-0.25, -0.2) is 14.2 Å². The smallest absolute Gasteiger partial charge is 0.410 e. The van der Waals surface area contributed by atoms with E-state index in [4.69, 9.17) is 9.47 Å². The maximum absolute atomic E-state index is 13.7. The lowest BCUT2D eigenvalue weighted by molar-refractivity contribution is 0.0270. The lowest BCUT2D eigenvalue weighted by Gasteiger charge is -2.29. The van der Waals surface area contributed by atoms with Gasteiger partial charge in [-0.2, -0.15) is 0 Å². The first kappa shape index (κ1) is 16.3. The third kappa shape index (κ3) is 3.96. The molecule has 1 aromatic rings. The van der Waals surface area contributed by atoms with Crippen LogP contribution in [0.25, 0.3) is 5.57 Å². The topological polar surface area (TPSA) is 51.7 Å². The van der Waals surface area contributed by atoms with Crippen molar-refractivity contribution in [2.45, 2.75) is 32.8 Å². The Hall–Kier alpha value is -2.11. The van der Waals surface area contributed by atoms with Crippen LogP contribution in [0.2, 0.25) is 0 Å². The fourth-order valence-electron chi connectivity index (χ4n) is 2.17. The van der Waals surface area contributed by atoms with Crippen LogP contribution in [0, 0.1) is 5.82 Å². The molecule has 5 nitrogen and oxygen atoms in total. The van der Waals surface area contributed by atoms with E-state index in [1.54, 1.807) is 11.1 Å². The van der Waals surface area contributed by atoms with Crippen molar-refractivity contribution >= 4 is 11.7 Å². The Morgan fingerprint density at radius 3 is 2.64 bits per heavy atom. The Balaban J connectivity index is 2.05. The minimum atomic E-state index is -0.510. The SMILES string of the molecule is COc1ncc(C2=CCN(C(=O)OC(C)(C)C)CC2)cc1F. The molecule has 2 rings (SSSR count). The summed E-state index contributed by atoms with van der Waals surface area (Å²) in [4.78, 5) is 17.5. The van der Waals surface area contributed by atoms with Crippen LogP contribution in [0.15, 0.2) is 18.3 Å². The van der Waals surface area contributed by atoms with E-state index in [0.717, 1.165) is 5.57 Å². The molecule has 1 amide bonds. The van der Waals surface area contributed by atoms with Crippen molar-refractivity contribution in [3.8, 4) is 5.88 Å². The zero-order valence-corrected chi connectivity index (χ0v) is 13.4. The summed E-state index contributed by atoms with van der Waals surface area (Å²) < 4.78 is 23.8. The van der Waals surface area contributed by atoms with Crippen molar-refractivity contribution < 1.29 is 18.7 Å². The van der Waals surface area contributed by atoms with E-state index in [2.05, 4.69) is 4.98 Å². The number of amides is 1. The van der Waals surface area contributed by atoms with Crippen molar-refractivity contribution in [2.75, 3.05) is 20.2 Å².